The van der Waals surface area contributed by atoms with Crippen molar-refractivity contribution in [2.24, 2.45) is 5.92 Å². The normalized spacial score (nSPS) is 15.4. The van der Waals surface area contributed by atoms with Gasteiger partial charge in [0.2, 0.25) is 0 Å². The molecule has 0 spiro atoms. The summed E-state index contributed by atoms with van der Waals surface area (Å²) in [5.74, 6) is 2.12. The predicted octanol–water partition coefficient (Wildman–Crippen LogP) is 4.12. The van der Waals surface area contributed by atoms with E-state index in [0.717, 1.165) is 43.0 Å². The van der Waals surface area contributed by atoms with Crippen molar-refractivity contribution in [3.8, 4) is 5.75 Å². The Bertz CT molecular complexity index is 735. The highest BCUT2D eigenvalue weighted by molar-refractivity contribution is 5.74. The summed E-state index contributed by atoms with van der Waals surface area (Å²) in [7, 11) is 2.12. The van der Waals surface area contributed by atoms with Crippen LogP contribution < -0.4 is 10.1 Å². The highest BCUT2D eigenvalue weighted by atomic mass is 16.5. The van der Waals surface area contributed by atoms with Crippen molar-refractivity contribution in [3.63, 3.8) is 0 Å². The summed E-state index contributed by atoms with van der Waals surface area (Å²) in [5.41, 5.74) is 1.06. The van der Waals surface area contributed by atoms with E-state index in [-0.39, 0.29) is 12.1 Å². The minimum absolute atomic E-state index is 0.0453. The van der Waals surface area contributed by atoms with Crippen LogP contribution in [0.4, 0.5) is 4.79 Å². The van der Waals surface area contributed by atoms with Gasteiger partial charge < -0.3 is 24.3 Å². The van der Waals surface area contributed by atoms with Crippen LogP contribution in [0.25, 0.3) is 0 Å². The molecule has 2 aromatic rings. The number of piperidine rings is 1. The quantitative estimate of drug-likeness (QED) is 0.725. The molecule has 0 saturated carbocycles. The lowest BCUT2D eigenvalue weighted by Crippen LogP contribution is -2.48. The molecule has 1 saturated heterocycles. The van der Waals surface area contributed by atoms with E-state index in [1.807, 2.05) is 36.4 Å². The molecule has 1 aliphatic rings. The van der Waals surface area contributed by atoms with E-state index >= 15 is 0 Å². The number of carbonyl (C=O) groups is 1. The number of urea groups is 1. The molecule has 0 atom stereocenters. The highest BCUT2D eigenvalue weighted by Gasteiger charge is 2.22. The number of hydrogen-bond donors (Lipinski definition) is 1. The van der Waals surface area contributed by atoms with Crippen molar-refractivity contribution >= 4 is 6.03 Å². The van der Waals surface area contributed by atoms with E-state index in [1.165, 1.54) is 0 Å². The third-order valence-corrected chi connectivity index (χ3v) is 5.14. The van der Waals surface area contributed by atoms with Crippen LogP contribution in [0.5, 0.6) is 5.75 Å². The summed E-state index contributed by atoms with van der Waals surface area (Å²) in [6.45, 7) is 7.94. The average molecular weight is 400 g/mol. The van der Waals surface area contributed by atoms with Gasteiger partial charge in [-0.2, -0.15) is 0 Å². The molecule has 2 amide bonds. The Hall–Kier alpha value is -2.47. The molecule has 0 bridgehead atoms. The zero-order chi connectivity index (χ0) is 20.6. The van der Waals surface area contributed by atoms with Crippen molar-refractivity contribution in [3.05, 3.63) is 54.0 Å². The second kappa shape index (κ2) is 10.3. The van der Waals surface area contributed by atoms with E-state index in [0.29, 0.717) is 25.6 Å². The van der Waals surface area contributed by atoms with Crippen molar-refractivity contribution < 1.29 is 13.9 Å². The molecular weight excluding hydrogens is 366 g/mol. The second-order valence-electron chi connectivity index (χ2n) is 8.31. The number of ether oxygens (including phenoxy) is 1. The Kier molecular flexibility index (Phi) is 7.58. The lowest BCUT2D eigenvalue weighted by molar-refractivity contribution is 0.172. The number of hydrogen-bond acceptors (Lipinski definition) is 4. The van der Waals surface area contributed by atoms with Gasteiger partial charge in [-0.05, 0) is 68.7 Å². The summed E-state index contributed by atoms with van der Waals surface area (Å²) in [6, 6.07) is 11.9. The zero-order valence-corrected chi connectivity index (χ0v) is 17.8. The van der Waals surface area contributed by atoms with E-state index in [1.54, 1.807) is 11.2 Å². The van der Waals surface area contributed by atoms with Gasteiger partial charge in [0.15, 0.2) is 0 Å². The highest BCUT2D eigenvalue weighted by Crippen LogP contribution is 2.17. The Morgan fingerprint density at radius 3 is 2.55 bits per heavy atom. The maximum atomic E-state index is 13.0. The largest absolute Gasteiger partial charge is 0.493 e. The van der Waals surface area contributed by atoms with Crippen LogP contribution >= 0.6 is 0 Å². The first-order valence-corrected chi connectivity index (χ1v) is 10.5. The number of benzene rings is 1. The zero-order valence-electron chi connectivity index (χ0n) is 17.8. The molecule has 6 heteroatoms. The molecule has 0 unspecified atom stereocenters. The number of likely N-dealkylation sites (tertiary alicyclic amines) is 1. The summed E-state index contributed by atoms with van der Waals surface area (Å²) < 4.78 is 11.2. The van der Waals surface area contributed by atoms with E-state index in [9.17, 15) is 4.79 Å². The maximum Gasteiger partial charge on any atom is 0.318 e. The Balaban J connectivity index is 1.62. The van der Waals surface area contributed by atoms with Gasteiger partial charge in [-0.15, -0.1) is 0 Å². The fraction of sp³-hybridized carbons (Fsp3) is 0.522. The minimum Gasteiger partial charge on any atom is -0.493 e. The lowest BCUT2D eigenvalue weighted by Gasteiger charge is -2.31. The molecule has 1 fully saturated rings. The van der Waals surface area contributed by atoms with Crippen molar-refractivity contribution in [1.29, 1.82) is 0 Å². The summed E-state index contributed by atoms with van der Waals surface area (Å²) in [6.07, 6.45) is 3.61. The number of carbonyl (C=O) groups excluding carboxylic acids is 1. The van der Waals surface area contributed by atoms with Crippen LogP contribution in [0, 0.1) is 5.92 Å². The van der Waals surface area contributed by atoms with Crippen molar-refractivity contribution in [2.45, 2.75) is 45.8 Å². The number of furan rings is 1. The molecule has 6 nitrogen and oxygen atoms in total. The Morgan fingerprint density at radius 1 is 1.21 bits per heavy atom. The van der Waals surface area contributed by atoms with Crippen LogP contribution in [0.2, 0.25) is 0 Å². The molecular formula is C23H33N3O3. The molecule has 3 rings (SSSR count). The van der Waals surface area contributed by atoms with E-state index in [2.05, 4.69) is 31.1 Å². The second-order valence-corrected chi connectivity index (χ2v) is 8.31. The number of amides is 2. The fourth-order valence-corrected chi connectivity index (χ4v) is 3.38. The number of nitrogens with zero attached hydrogens (tertiary/aromatic N) is 2. The monoisotopic (exact) mass is 399 g/mol. The summed E-state index contributed by atoms with van der Waals surface area (Å²) in [5, 5.41) is 3.21. The molecule has 1 aromatic carbocycles. The van der Waals surface area contributed by atoms with Crippen LogP contribution in [-0.4, -0.2) is 48.6 Å². The van der Waals surface area contributed by atoms with Crippen LogP contribution in [0.3, 0.4) is 0 Å². The lowest BCUT2D eigenvalue weighted by atomic mass is 10.1. The summed E-state index contributed by atoms with van der Waals surface area (Å²) >= 11 is 0. The molecule has 0 radical (unpaired) electrons. The smallest absolute Gasteiger partial charge is 0.318 e. The van der Waals surface area contributed by atoms with Crippen LogP contribution in [0.1, 0.15) is 38.0 Å². The molecule has 0 aliphatic carbocycles. The molecule has 158 valence electrons. The Labute approximate surface area is 173 Å². The minimum atomic E-state index is -0.0453. The maximum absolute atomic E-state index is 13.0. The summed E-state index contributed by atoms with van der Waals surface area (Å²) in [4.78, 5) is 17.1. The Morgan fingerprint density at radius 2 is 1.93 bits per heavy atom. The van der Waals surface area contributed by atoms with Gasteiger partial charge in [0.25, 0.3) is 0 Å². The SMILES string of the molecule is CC(C)COc1ccc(CN(Cc2ccco2)C(=O)NC2CCN(C)CC2)cc1. The topological polar surface area (TPSA) is 58.0 Å². The van der Waals surface area contributed by atoms with Crippen LogP contribution in [-0.2, 0) is 13.1 Å². The first kappa shape index (κ1) is 21.2. The van der Waals surface area contributed by atoms with Gasteiger partial charge >= 0.3 is 6.03 Å². The number of nitrogens with one attached hydrogen (secondary N) is 1. The molecule has 29 heavy (non-hydrogen) atoms. The van der Waals surface area contributed by atoms with Gasteiger partial charge in [-0.25, -0.2) is 4.79 Å². The first-order chi connectivity index (χ1) is 14.0. The van der Waals surface area contributed by atoms with Crippen molar-refractivity contribution in [2.75, 3.05) is 26.7 Å². The standard InChI is InChI=1S/C23H33N3O3/c1-18(2)17-29-21-8-6-19(7-9-21)15-26(16-22-5-4-14-28-22)23(27)24-20-10-12-25(3)13-11-20/h4-9,14,18,20H,10-13,15-17H2,1-3H3,(H,24,27). The van der Waals surface area contributed by atoms with Gasteiger partial charge in [-0.3, -0.25) is 0 Å². The van der Waals surface area contributed by atoms with Crippen molar-refractivity contribution in [1.82, 2.24) is 15.1 Å². The molecule has 1 aromatic heterocycles. The third kappa shape index (κ3) is 6.82. The van der Waals surface area contributed by atoms with Gasteiger partial charge in [0, 0.05) is 12.6 Å². The third-order valence-electron chi connectivity index (χ3n) is 5.14. The molecule has 2 heterocycles. The fourth-order valence-electron chi connectivity index (χ4n) is 3.38. The average Bonchev–Trinajstić information content (AvgIpc) is 3.22. The molecule has 1 N–H and O–H groups in total. The van der Waals surface area contributed by atoms with E-state index in [4.69, 9.17) is 9.15 Å². The van der Waals surface area contributed by atoms with E-state index < -0.39 is 0 Å². The van der Waals surface area contributed by atoms with Crippen LogP contribution in [0.15, 0.2) is 47.1 Å². The molecule has 1 aliphatic heterocycles. The predicted molar refractivity (Wildman–Crippen MR) is 114 cm³/mol. The van der Waals surface area contributed by atoms with Gasteiger partial charge in [0.05, 0.1) is 19.4 Å². The first-order valence-electron chi connectivity index (χ1n) is 10.5. The number of rotatable bonds is 8. The van der Waals surface area contributed by atoms with Gasteiger partial charge in [0.1, 0.15) is 11.5 Å². The van der Waals surface area contributed by atoms with Gasteiger partial charge in [-0.1, -0.05) is 26.0 Å².